The number of alkyl carbamates (subject to hydrolysis) is 1. The van der Waals surface area contributed by atoms with Crippen molar-refractivity contribution in [2.24, 2.45) is 0 Å². The van der Waals surface area contributed by atoms with Crippen LogP contribution < -0.4 is 5.32 Å². The molecule has 0 fully saturated rings. The van der Waals surface area contributed by atoms with Crippen molar-refractivity contribution in [3.63, 3.8) is 0 Å². The summed E-state index contributed by atoms with van der Waals surface area (Å²) in [5.74, 6) is -1.14. The Balaban J connectivity index is 2.63. The van der Waals surface area contributed by atoms with Crippen LogP contribution in [0.1, 0.15) is 46.1 Å². The van der Waals surface area contributed by atoms with Crippen LogP contribution in [0.2, 0.25) is 0 Å². The van der Waals surface area contributed by atoms with E-state index in [9.17, 15) is 14.4 Å². The Morgan fingerprint density at radius 3 is 2.31 bits per heavy atom. The van der Waals surface area contributed by atoms with Crippen LogP contribution in [0, 0.1) is 0 Å². The van der Waals surface area contributed by atoms with Crippen LogP contribution >= 0.6 is 0 Å². The zero-order valence-corrected chi connectivity index (χ0v) is 15.8. The van der Waals surface area contributed by atoms with Gasteiger partial charge in [0.1, 0.15) is 24.7 Å². The molecule has 0 spiro atoms. The Morgan fingerprint density at radius 2 is 1.77 bits per heavy atom. The second kappa shape index (κ2) is 9.75. The Kier molecular flexibility index (Phi) is 8.03. The van der Waals surface area contributed by atoms with Crippen LogP contribution in [0.4, 0.5) is 4.79 Å². The minimum Gasteiger partial charge on any atom is -0.460 e. The van der Waals surface area contributed by atoms with Crippen LogP contribution in [0.3, 0.4) is 0 Å². The molecule has 1 aromatic carbocycles. The van der Waals surface area contributed by atoms with E-state index in [0.717, 1.165) is 5.56 Å². The van der Waals surface area contributed by atoms with Crippen molar-refractivity contribution in [1.29, 1.82) is 0 Å². The number of hydrogen-bond donors (Lipinski definition) is 1. The second-order valence-corrected chi connectivity index (χ2v) is 6.88. The van der Waals surface area contributed by atoms with E-state index in [1.54, 1.807) is 20.8 Å². The summed E-state index contributed by atoms with van der Waals surface area (Å²) in [5.41, 5.74) is 0.631. The number of nitrogens with one attached hydrogen (secondary N) is 1. The Morgan fingerprint density at radius 1 is 1.15 bits per heavy atom. The number of rotatable bonds is 8. The summed E-state index contributed by atoms with van der Waals surface area (Å²) < 4.78 is 10.3. The van der Waals surface area contributed by atoms with Crippen molar-refractivity contribution in [2.75, 3.05) is 0 Å². The molecular formula is C20H27NO5. The van der Waals surface area contributed by atoms with E-state index in [2.05, 4.69) is 11.9 Å². The maximum atomic E-state index is 12.4. The number of ketones is 1. The fourth-order valence-corrected chi connectivity index (χ4v) is 2.07. The van der Waals surface area contributed by atoms with Gasteiger partial charge in [-0.25, -0.2) is 4.79 Å². The molecule has 1 N–H and O–H groups in total. The van der Waals surface area contributed by atoms with Gasteiger partial charge in [0.05, 0.1) is 0 Å². The molecular weight excluding hydrogens is 334 g/mol. The van der Waals surface area contributed by atoms with Gasteiger partial charge in [0.25, 0.3) is 0 Å². The topological polar surface area (TPSA) is 81.7 Å². The van der Waals surface area contributed by atoms with Gasteiger partial charge in [0.2, 0.25) is 0 Å². The lowest BCUT2D eigenvalue weighted by molar-refractivity contribution is -0.147. The van der Waals surface area contributed by atoms with Gasteiger partial charge in [-0.3, -0.25) is 9.59 Å². The van der Waals surface area contributed by atoms with Crippen molar-refractivity contribution >= 4 is 17.8 Å². The molecule has 1 amide bonds. The molecule has 0 aliphatic heterocycles. The molecule has 0 aromatic heterocycles. The Labute approximate surface area is 154 Å². The minimum atomic E-state index is -0.987. The summed E-state index contributed by atoms with van der Waals surface area (Å²) in [6.07, 6.45) is -0.708. The van der Waals surface area contributed by atoms with Gasteiger partial charge in [-0.15, -0.1) is 0 Å². The number of ether oxygens (including phenoxy) is 2. The summed E-state index contributed by atoms with van der Waals surface area (Å²) in [4.78, 5) is 36.3. The average molecular weight is 361 g/mol. The monoisotopic (exact) mass is 361 g/mol. The van der Waals surface area contributed by atoms with E-state index in [0.29, 0.717) is 12.0 Å². The highest BCUT2D eigenvalue weighted by molar-refractivity contribution is 6.01. The smallest absolute Gasteiger partial charge is 0.408 e. The molecule has 142 valence electrons. The Bertz CT molecular complexity index is 646. The van der Waals surface area contributed by atoms with E-state index >= 15 is 0 Å². The van der Waals surface area contributed by atoms with E-state index in [1.807, 2.05) is 37.3 Å². The number of esters is 1. The van der Waals surface area contributed by atoms with Gasteiger partial charge >= 0.3 is 12.1 Å². The van der Waals surface area contributed by atoms with Crippen LogP contribution in [0.5, 0.6) is 0 Å². The predicted molar refractivity (Wildman–Crippen MR) is 98.5 cm³/mol. The average Bonchev–Trinajstić information content (AvgIpc) is 2.56. The number of benzene rings is 1. The molecule has 0 bridgehead atoms. The van der Waals surface area contributed by atoms with E-state index in [4.69, 9.17) is 9.47 Å². The molecule has 1 aromatic rings. The number of Topliss-reactive ketones (excluding diaryl/α,β-unsaturated/α-hetero) is 1. The highest BCUT2D eigenvalue weighted by Crippen LogP contribution is 2.12. The summed E-state index contributed by atoms with van der Waals surface area (Å²) in [5, 5.41) is 2.49. The summed E-state index contributed by atoms with van der Waals surface area (Å²) in [6, 6.07) is 8.18. The van der Waals surface area contributed by atoms with Gasteiger partial charge in [-0.1, -0.05) is 43.8 Å². The standard InChI is InChI=1S/C20H27NO5/c1-6-14(2)18(21-19(24)26-20(3,4)5)16(22)12-17(23)25-13-15-10-8-7-9-11-15/h7-11,18H,2,6,12-13H2,1,3-5H3,(H,21,24)/t18-/m0/s1. The lowest BCUT2D eigenvalue weighted by Gasteiger charge is -2.23. The first-order chi connectivity index (χ1) is 12.1. The van der Waals surface area contributed by atoms with Crippen molar-refractivity contribution in [3.05, 3.63) is 48.0 Å². The molecule has 26 heavy (non-hydrogen) atoms. The molecule has 0 radical (unpaired) electrons. The molecule has 0 heterocycles. The highest BCUT2D eigenvalue weighted by Gasteiger charge is 2.27. The fourth-order valence-electron chi connectivity index (χ4n) is 2.07. The van der Waals surface area contributed by atoms with E-state index in [1.165, 1.54) is 0 Å². The van der Waals surface area contributed by atoms with Crippen molar-refractivity contribution in [2.45, 2.75) is 58.8 Å². The normalized spacial score (nSPS) is 12.0. The lowest BCUT2D eigenvalue weighted by atomic mass is 10.0. The molecule has 0 aliphatic rings. The molecule has 0 unspecified atom stereocenters. The third-order valence-corrected chi connectivity index (χ3v) is 3.41. The fraction of sp³-hybridized carbons (Fsp3) is 0.450. The van der Waals surface area contributed by atoms with Crippen molar-refractivity contribution in [1.82, 2.24) is 5.32 Å². The highest BCUT2D eigenvalue weighted by atomic mass is 16.6. The SMILES string of the molecule is C=C(CC)[C@H](NC(=O)OC(C)(C)C)C(=O)CC(=O)OCc1ccccc1. The number of hydrogen-bond acceptors (Lipinski definition) is 5. The van der Waals surface area contributed by atoms with Gasteiger partial charge < -0.3 is 14.8 Å². The first-order valence-electron chi connectivity index (χ1n) is 8.52. The third kappa shape index (κ3) is 7.96. The maximum absolute atomic E-state index is 12.4. The third-order valence-electron chi connectivity index (χ3n) is 3.41. The van der Waals surface area contributed by atoms with Crippen molar-refractivity contribution < 1.29 is 23.9 Å². The van der Waals surface area contributed by atoms with Crippen LogP contribution in [-0.2, 0) is 25.7 Å². The molecule has 0 aliphatic carbocycles. The quantitative estimate of drug-likeness (QED) is 0.435. The summed E-state index contributed by atoms with van der Waals surface area (Å²) >= 11 is 0. The number of amides is 1. The largest absolute Gasteiger partial charge is 0.460 e. The first-order valence-corrected chi connectivity index (χ1v) is 8.52. The van der Waals surface area contributed by atoms with Gasteiger partial charge in [-0.05, 0) is 38.3 Å². The molecule has 0 saturated heterocycles. The van der Waals surface area contributed by atoms with Crippen LogP contribution in [0.15, 0.2) is 42.5 Å². The molecule has 1 atom stereocenters. The second-order valence-electron chi connectivity index (χ2n) is 6.88. The molecule has 6 nitrogen and oxygen atoms in total. The summed E-state index contributed by atoms with van der Waals surface area (Å²) in [7, 11) is 0. The molecule has 1 rings (SSSR count). The number of carbonyl (C=O) groups is 3. The van der Waals surface area contributed by atoms with Gasteiger partial charge in [0, 0.05) is 0 Å². The van der Waals surface area contributed by atoms with Gasteiger partial charge in [0.15, 0.2) is 5.78 Å². The van der Waals surface area contributed by atoms with Crippen molar-refractivity contribution in [3.8, 4) is 0 Å². The zero-order valence-electron chi connectivity index (χ0n) is 15.8. The lowest BCUT2D eigenvalue weighted by Crippen LogP contribution is -2.45. The first kappa shape index (κ1) is 21.4. The maximum Gasteiger partial charge on any atom is 0.408 e. The predicted octanol–water partition coefficient (Wildman–Crippen LogP) is 3.55. The van der Waals surface area contributed by atoms with E-state index in [-0.39, 0.29) is 6.61 Å². The summed E-state index contributed by atoms with van der Waals surface area (Å²) in [6.45, 7) is 10.9. The van der Waals surface area contributed by atoms with Crippen LogP contribution in [0.25, 0.3) is 0 Å². The Hall–Kier alpha value is -2.63. The zero-order chi connectivity index (χ0) is 19.7. The molecule has 0 saturated carbocycles. The number of carbonyl (C=O) groups excluding carboxylic acids is 3. The van der Waals surface area contributed by atoms with Crippen LogP contribution in [-0.4, -0.2) is 29.5 Å². The molecule has 6 heteroatoms. The van der Waals surface area contributed by atoms with E-state index < -0.39 is 35.9 Å². The van der Waals surface area contributed by atoms with Gasteiger partial charge in [-0.2, -0.15) is 0 Å². The minimum absolute atomic E-state index is 0.0891.